The Bertz CT molecular complexity index is 867. The number of hydrogen-bond donors (Lipinski definition) is 0. The maximum atomic E-state index is 6.18. The van der Waals surface area contributed by atoms with E-state index in [1.807, 2.05) is 48.5 Å². The van der Waals surface area contributed by atoms with Crippen molar-refractivity contribution >= 4 is 12.6 Å². The molecule has 0 amide bonds. The summed E-state index contributed by atoms with van der Waals surface area (Å²) < 4.78 is 12.1. The van der Waals surface area contributed by atoms with Crippen molar-refractivity contribution in [2.75, 3.05) is 7.11 Å². The second-order valence-electron chi connectivity index (χ2n) is 8.26. The third-order valence-electron chi connectivity index (χ3n) is 5.70. The molecular weight excluding hydrogens is 412 g/mol. The Balaban J connectivity index is 2.36. The SMILES string of the molecule is COc1ccc([C](=[Cr])Oc2ccccc2C#C[Si](C(C)C)(C(C)C)C(C)C)cc1. The van der Waals surface area contributed by atoms with Crippen LogP contribution in [0.1, 0.15) is 52.7 Å². The van der Waals surface area contributed by atoms with Gasteiger partial charge in [0.2, 0.25) is 0 Å². The van der Waals surface area contributed by atoms with Gasteiger partial charge in [-0.1, -0.05) is 0 Å². The van der Waals surface area contributed by atoms with E-state index < -0.39 is 8.07 Å². The van der Waals surface area contributed by atoms with Crippen LogP contribution in [-0.4, -0.2) is 19.7 Å². The van der Waals surface area contributed by atoms with Gasteiger partial charge >= 0.3 is 186 Å². The fourth-order valence-electron chi connectivity index (χ4n) is 4.15. The van der Waals surface area contributed by atoms with E-state index in [0.717, 1.165) is 27.2 Å². The second kappa shape index (κ2) is 10.3. The molecule has 2 rings (SSSR count). The fourth-order valence-corrected chi connectivity index (χ4v) is 9.72. The van der Waals surface area contributed by atoms with Gasteiger partial charge in [0.1, 0.15) is 0 Å². The number of benzene rings is 2. The number of methoxy groups -OCH3 is 1. The molecule has 0 heterocycles. The van der Waals surface area contributed by atoms with Crippen LogP contribution >= 0.6 is 0 Å². The van der Waals surface area contributed by atoms with Crippen LogP contribution in [0.5, 0.6) is 11.5 Å². The second-order valence-corrected chi connectivity index (χ2v) is 14.4. The van der Waals surface area contributed by atoms with Gasteiger partial charge in [-0.25, -0.2) is 0 Å². The molecule has 0 aliphatic rings. The normalized spacial score (nSPS) is 11.4. The van der Waals surface area contributed by atoms with E-state index in [1.54, 1.807) is 7.11 Å². The maximum absolute atomic E-state index is 6.18. The van der Waals surface area contributed by atoms with E-state index in [0.29, 0.717) is 16.6 Å². The van der Waals surface area contributed by atoms with Gasteiger partial charge in [0.15, 0.2) is 0 Å². The molecule has 2 aromatic carbocycles. The molecule has 0 aliphatic heterocycles. The van der Waals surface area contributed by atoms with E-state index in [9.17, 15) is 0 Å². The van der Waals surface area contributed by atoms with Crippen molar-refractivity contribution in [3.63, 3.8) is 0 Å². The third kappa shape index (κ3) is 5.43. The molecule has 2 nitrogen and oxygen atoms in total. The van der Waals surface area contributed by atoms with Crippen molar-refractivity contribution in [2.45, 2.75) is 58.2 Å². The Morgan fingerprint density at radius 3 is 1.93 bits per heavy atom. The molecule has 0 aromatic heterocycles. The van der Waals surface area contributed by atoms with Gasteiger partial charge in [-0.2, -0.15) is 0 Å². The van der Waals surface area contributed by atoms with Gasteiger partial charge in [-0.3, -0.25) is 0 Å². The molecule has 0 atom stereocenters. The summed E-state index contributed by atoms with van der Waals surface area (Å²) in [4.78, 5) is 0. The van der Waals surface area contributed by atoms with Crippen LogP contribution in [0.3, 0.4) is 0 Å². The van der Waals surface area contributed by atoms with E-state index in [-0.39, 0.29) is 0 Å². The first-order valence-electron chi connectivity index (χ1n) is 10.2. The van der Waals surface area contributed by atoms with Crippen LogP contribution in [0, 0.1) is 11.5 Å². The fraction of sp³-hybridized carbons (Fsp3) is 0.400. The molecule has 0 spiro atoms. The van der Waals surface area contributed by atoms with Crippen LogP contribution in [0.15, 0.2) is 48.5 Å². The molecule has 2 aromatic rings. The van der Waals surface area contributed by atoms with Crippen LogP contribution in [-0.2, 0) is 15.9 Å². The van der Waals surface area contributed by atoms with E-state index in [2.05, 4.69) is 68.9 Å². The first-order valence-corrected chi connectivity index (χ1v) is 13.1. The van der Waals surface area contributed by atoms with E-state index in [4.69, 9.17) is 9.47 Å². The summed E-state index contributed by atoms with van der Waals surface area (Å²) in [5.74, 6) is 5.12. The predicted molar refractivity (Wildman–Crippen MR) is 122 cm³/mol. The van der Waals surface area contributed by atoms with E-state index in [1.165, 1.54) is 0 Å². The van der Waals surface area contributed by atoms with Crippen LogP contribution < -0.4 is 9.47 Å². The van der Waals surface area contributed by atoms with Gasteiger partial charge < -0.3 is 0 Å². The Hall–Kier alpha value is -1.78. The molecule has 0 bridgehead atoms. The molecule has 0 fully saturated rings. The molecule has 0 aliphatic carbocycles. The predicted octanol–water partition coefficient (Wildman–Crippen LogP) is 6.37. The zero-order valence-electron chi connectivity index (χ0n) is 18.6. The van der Waals surface area contributed by atoms with Crippen molar-refractivity contribution in [3.8, 4) is 23.0 Å². The Labute approximate surface area is 185 Å². The van der Waals surface area contributed by atoms with Crippen molar-refractivity contribution in [1.29, 1.82) is 0 Å². The Morgan fingerprint density at radius 2 is 1.41 bits per heavy atom. The third-order valence-corrected chi connectivity index (χ3v) is 12.5. The molecule has 154 valence electrons. The summed E-state index contributed by atoms with van der Waals surface area (Å²) >= 11 is 3.05. The molecule has 0 saturated carbocycles. The number of hydrogen-bond acceptors (Lipinski definition) is 2. The van der Waals surface area contributed by atoms with Crippen LogP contribution in [0.4, 0.5) is 0 Å². The first-order chi connectivity index (χ1) is 13.7. The molecule has 29 heavy (non-hydrogen) atoms. The first kappa shape index (κ1) is 23.5. The molecule has 0 saturated heterocycles. The Morgan fingerprint density at radius 1 is 0.862 bits per heavy atom. The quantitative estimate of drug-likeness (QED) is 0.365. The Kier molecular flexibility index (Phi) is 8.35. The summed E-state index contributed by atoms with van der Waals surface area (Å²) in [5, 5.41) is 0. The molecular formula is C25H32CrO2Si. The molecule has 4 heteroatoms. The minimum atomic E-state index is -1.79. The van der Waals surface area contributed by atoms with E-state index >= 15 is 0 Å². The minimum absolute atomic E-state index is 0.601. The number of para-hydroxylation sites is 1. The standard InChI is InChI=1S/C25H32O2Si.Cr/c1-19(2)28(20(3)4,21(5)6)17-16-23-10-8-9-11-25(23)27-18-22-12-14-24(26-7)15-13-22;/h8-15,19-21H,1-7H3;. The molecule has 0 radical (unpaired) electrons. The van der Waals surface area contributed by atoms with Gasteiger partial charge in [0.25, 0.3) is 0 Å². The van der Waals surface area contributed by atoms with Crippen LogP contribution in [0.25, 0.3) is 0 Å². The zero-order chi connectivity index (χ0) is 21.6. The summed E-state index contributed by atoms with van der Waals surface area (Å²) in [5.41, 5.74) is 7.51. The average molecular weight is 445 g/mol. The van der Waals surface area contributed by atoms with Gasteiger partial charge in [-0.05, 0) is 0 Å². The van der Waals surface area contributed by atoms with Gasteiger partial charge in [-0.15, -0.1) is 0 Å². The monoisotopic (exact) mass is 444 g/mol. The van der Waals surface area contributed by atoms with Crippen LogP contribution in [0.2, 0.25) is 16.6 Å². The van der Waals surface area contributed by atoms with Crippen molar-refractivity contribution < 1.29 is 25.3 Å². The summed E-state index contributed by atoms with van der Waals surface area (Å²) in [7, 11) is -0.128. The van der Waals surface area contributed by atoms with Crippen molar-refractivity contribution in [3.05, 3.63) is 59.7 Å². The molecule has 0 unspecified atom stereocenters. The van der Waals surface area contributed by atoms with Crippen molar-refractivity contribution in [2.24, 2.45) is 0 Å². The number of ether oxygens (including phenoxy) is 2. The summed E-state index contributed by atoms with van der Waals surface area (Å²) in [6.07, 6.45) is 0. The molecule has 0 N–H and O–H groups in total. The summed E-state index contributed by atoms with van der Waals surface area (Å²) in [6, 6.07) is 15.8. The van der Waals surface area contributed by atoms with Gasteiger partial charge in [0.05, 0.1) is 0 Å². The topological polar surface area (TPSA) is 18.5 Å². The average Bonchev–Trinajstić information content (AvgIpc) is 2.68. The number of rotatable bonds is 7. The summed E-state index contributed by atoms with van der Waals surface area (Å²) in [6.45, 7) is 14.0. The van der Waals surface area contributed by atoms with Crippen molar-refractivity contribution in [1.82, 2.24) is 0 Å². The zero-order valence-corrected chi connectivity index (χ0v) is 20.9. The van der Waals surface area contributed by atoms with Gasteiger partial charge in [0, 0.05) is 0 Å².